The Morgan fingerprint density at radius 3 is 2.80 bits per heavy atom. The fourth-order valence-electron chi connectivity index (χ4n) is 2.39. The highest BCUT2D eigenvalue weighted by atomic mass is 35.5. The monoisotopic (exact) mass is 370 g/mol. The molecule has 1 aliphatic heterocycles. The molecule has 0 atom stereocenters. The van der Waals surface area contributed by atoms with Crippen LogP contribution < -0.4 is 20.5 Å². The number of ether oxygens (including phenoxy) is 3. The number of nitrogens with one attached hydrogen (secondary N) is 1. The molecule has 0 aliphatic carbocycles. The van der Waals surface area contributed by atoms with E-state index in [0.717, 1.165) is 24.8 Å². The number of amides is 2. The van der Waals surface area contributed by atoms with Gasteiger partial charge in [0.15, 0.2) is 11.5 Å². The van der Waals surface area contributed by atoms with Crippen molar-refractivity contribution in [1.29, 1.82) is 0 Å². The number of benzene rings is 1. The van der Waals surface area contributed by atoms with E-state index >= 15 is 0 Å². The van der Waals surface area contributed by atoms with Gasteiger partial charge in [0.1, 0.15) is 6.61 Å². The summed E-state index contributed by atoms with van der Waals surface area (Å²) in [6, 6.07) is 2.97. The number of hydrogen-bond acceptors (Lipinski definition) is 5. The number of carbonyl (C=O) groups excluding carboxylic acids is 2. The van der Waals surface area contributed by atoms with E-state index in [0.29, 0.717) is 49.1 Å². The molecule has 2 rings (SSSR count). The summed E-state index contributed by atoms with van der Waals surface area (Å²) in [7, 11) is 0. The lowest BCUT2D eigenvalue weighted by molar-refractivity contribution is -0.145. The first-order valence-electron chi connectivity index (χ1n) is 8.33. The molecule has 0 aromatic heterocycles. The smallest absolute Gasteiger partial charge is 0.312 e. The van der Waals surface area contributed by atoms with E-state index in [4.69, 9.17) is 31.5 Å². The molecule has 138 valence electrons. The fourth-order valence-corrected chi connectivity index (χ4v) is 2.67. The van der Waals surface area contributed by atoms with Gasteiger partial charge in [-0.2, -0.15) is 0 Å². The van der Waals surface area contributed by atoms with E-state index in [1.165, 1.54) is 0 Å². The second-order valence-electron chi connectivity index (χ2n) is 5.72. The van der Waals surface area contributed by atoms with Crippen molar-refractivity contribution >= 4 is 23.6 Å². The van der Waals surface area contributed by atoms with Gasteiger partial charge in [-0.25, -0.2) is 4.79 Å². The Morgan fingerprint density at radius 2 is 2.00 bits per heavy atom. The molecule has 0 unspecified atom stereocenters. The summed E-state index contributed by atoms with van der Waals surface area (Å²) in [6.07, 6.45) is 3.40. The molecule has 7 nitrogen and oxygen atoms in total. The molecule has 3 N–H and O–H groups in total. The van der Waals surface area contributed by atoms with Crippen LogP contribution in [0, 0.1) is 0 Å². The van der Waals surface area contributed by atoms with Gasteiger partial charge in [-0.1, -0.05) is 18.0 Å². The quantitative estimate of drug-likeness (QED) is 0.541. The van der Waals surface area contributed by atoms with Gasteiger partial charge in [0.25, 0.3) is 0 Å². The predicted molar refractivity (Wildman–Crippen MR) is 92.9 cm³/mol. The number of urea groups is 1. The average Bonchev–Trinajstić information content (AvgIpc) is 2.81. The maximum absolute atomic E-state index is 11.8. The van der Waals surface area contributed by atoms with Gasteiger partial charge in [-0.05, 0) is 30.5 Å². The lowest BCUT2D eigenvalue weighted by atomic mass is 10.2. The van der Waals surface area contributed by atoms with Crippen LogP contribution in [0.4, 0.5) is 4.79 Å². The third kappa shape index (κ3) is 6.70. The molecule has 0 spiro atoms. The van der Waals surface area contributed by atoms with E-state index in [-0.39, 0.29) is 12.6 Å². The first-order chi connectivity index (χ1) is 12.1. The van der Waals surface area contributed by atoms with Gasteiger partial charge >= 0.3 is 12.0 Å². The van der Waals surface area contributed by atoms with Gasteiger partial charge in [0.05, 0.1) is 18.2 Å². The summed E-state index contributed by atoms with van der Waals surface area (Å²) < 4.78 is 16.4. The highest BCUT2D eigenvalue weighted by Crippen LogP contribution is 2.38. The van der Waals surface area contributed by atoms with Crippen molar-refractivity contribution in [3.63, 3.8) is 0 Å². The summed E-state index contributed by atoms with van der Waals surface area (Å²) in [6.45, 7) is 1.78. The van der Waals surface area contributed by atoms with E-state index in [1.807, 2.05) is 0 Å². The molecule has 0 bridgehead atoms. The summed E-state index contributed by atoms with van der Waals surface area (Å²) >= 11 is 6.21. The van der Waals surface area contributed by atoms with Crippen LogP contribution in [0.2, 0.25) is 5.02 Å². The van der Waals surface area contributed by atoms with Crippen molar-refractivity contribution in [1.82, 2.24) is 5.32 Å². The molecule has 2 amide bonds. The number of rotatable bonds is 8. The van der Waals surface area contributed by atoms with Crippen LogP contribution in [0.15, 0.2) is 12.1 Å². The molecule has 1 heterocycles. The predicted octanol–water partition coefficient (Wildman–Crippen LogP) is 2.77. The van der Waals surface area contributed by atoms with Crippen molar-refractivity contribution in [3.05, 3.63) is 22.7 Å². The van der Waals surface area contributed by atoms with Crippen LogP contribution in [0.1, 0.15) is 37.7 Å². The van der Waals surface area contributed by atoms with Gasteiger partial charge < -0.3 is 25.3 Å². The van der Waals surface area contributed by atoms with Crippen molar-refractivity contribution in [2.45, 2.75) is 38.7 Å². The molecule has 0 radical (unpaired) electrons. The van der Waals surface area contributed by atoms with Crippen LogP contribution in [-0.4, -0.2) is 31.8 Å². The fraction of sp³-hybridized carbons (Fsp3) is 0.529. The molecular weight excluding hydrogens is 348 g/mol. The molecule has 1 aromatic rings. The van der Waals surface area contributed by atoms with E-state index < -0.39 is 6.03 Å². The second kappa shape index (κ2) is 9.98. The summed E-state index contributed by atoms with van der Waals surface area (Å²) in [5, 5.41) is 2.95. The number of unbranched alkanes of at least 4 members (excludes halogenated alkanes) is 2. The topological polar surface area (TPSA) is 99.9 Å². The number of primary amides is 1. The Balaban J connectivity index is 1.72. The van der Waals surface area contributed by atoms with Crippen LogP contribution in [0.5, 0.6) is 11.5 Å². The summed E-state index contributed by atoms with van der Waals surface area (Å²) in [4.78, 5) is 22.3. The van der Waals surface area contributed by atoms with E-state index in [1.54, 1.807) is 12.1 Å². The molecule has 1 aliphatic rings. The number of hydrogen-bond donors (Lipinski definition) is 2. The van der Waals surface area contributed by atoms with Gasteiger partial charge in [0.2, 0.25) is 0 Å². The normalized spacial score (nSPS) is 13.0. The minimum Gasteiger partial charge on any atom is -0.489 e. The number of halogens is 1. The van der Waals surface area contributed by atoms with Gasteiger partial charge in [-0.15, -0.1) is 0 Å². The zero-order valence-corrected chi connectivity index (χ0v) is 14.8. The van der Waals surface area contributed by atoms with Gasteiger partial charge in [-0.3, -0.25) is 4.79 Å². The lowest BCUT2D eigenvalue weighted by Crippen LogP contribution is -2.29. The standard InChI is InChI=1S/C17H23ClN2O5/c18-13-9-12(10-14-16(13)24-8-4-7-23-14)11-25-15(21)5-2-1-3-6-20-17(19)22/h9-10H,1-8,11H2,(H3,19,20,22). The largest absolute Gasteiger partial charge is 0.489 e. The first-order valence-corrected chi connectivity index (χ1v) is 8.71. The van der Waals surface area contributed by atoms with E-state index in [2.05, 4.69) is 5.32 Å². The zero-order chi connectivity index (χ0) is 18.1. The van der Waals surface area contributed by atoms with Gasteiger partial charge in [0, 0.05) is 19.4 Å². The van der Waals surface area contributed by atoms with E-state index in [9.17, 15) is 9.59 Å². The lowest BCUT2D eigenvalue weighted by Gasteiger charge is -2.12. The summed E-state index contributed by atoms with van der Waals surface area (Å²) in [5.74, 6) is 0.850. The Bertz CT molecular complexity index is 609. The minimum atomic E-state index is -0.534. The number of fused-ring (bicyclic) bond motifs is 1. The first kappa shape index (κ1) is 19.2. The Labute approximate surface area is 151 Å². The van der Waals surface area contributed by atoms with Crippen LogP contribution in [0.3, 0.4) is 0 Å². The highest BCUT2D eigenvalue weighted by Gasteiger charge is 2.16. The number of carbonyl (C=O) groups is 2. The van der Waals surface area contributed by atoms with Crippen LogP contribution in [-0.2, 0) is 16.1 Å². The van der Waals surface area contributed by atoms with Crippen molar-refractivity contribution in [3.8, 4) is 11.5 Å². The summed E-state index contributed by atoms with van der Waals surface area (Å²) in [5.41, 5.74) is 5.72. The molecule has 1 aromatic carbocycles. The third-order valence-corrected chi connectivity index (χ3v) is 3.90. The second-order valence-corrected chi connectivity index (χ2v) is 6.12. The van der Waals surface area contributed by atoms with Crippen molar-refractivity contribution in [2.24, 2.45) is 5.73 Å². The minimum absolute atomic E-state index is 0.137. The number of nitrogens with two attached hydrogens (primary N) is 1. The molecule has 8 heteroatoms. The maximum atomic E-state index is 11.8. The Kier molecular flexibility index (Phi) is 7.66. The average molecular weight is 371 g/mol. The molecule has 0 saturated heterocycles. The molecule has 0 fully saturated rings. The third-order valence-electron chi connectivity index (χ3n) is 3.62. The van der Waals surface area contributed by atoms with Crippen molar-refractivity contribution in [2.75, 3.05) is 19.8 Å². The number of esters is 1. The maximum Gasteiger partial charge on any atom is 0.312 e. The Morgan fingerprint density at radius 1 is 1.20 bits per heavy atom. The Hall–Kier alpha value is -2.15. The van der Waals surface area contributed by atoms with Crippen LogP contribution >= 0.6 is 11.6 Å². The zero-order valence-electron chi connectivity index (χ0n) is 14.0. The SMILES string of the molecule is NC(=O)NCCCCCC(=O)OCc1cc(Cl)c2c(c1)OCCCO2. The molecule has 25 heavy (non-hydrogen) atoms. The molecular formula is C17H23ClN2O5. The van der Waals surface area contributed by atoms with Crippen molar-refractivity contribution < 1.29 is 23.8 Å². The molecule has 0 saturated carbocycles. The van der Waals surface area contributed by atoms with Crippen LogP contribution in [0.25, 0.3) is 0 Å². The highest BCUT2D eigenvalue weighted by molar-refractivity contribution is 6.32.